The van der Waals surface area contributed by atoms with Crippen LogP contribution in [0.5, 0.6) is 5.75 Å². The highest BCUT2D eigenvalue weighted by Gasteiger charge is 2.21. The van der Waals surface area contributed by atoms with Crippen molar-refractivity contribution in [2.45, 2.75) is 6.92 Å². The van der Waals surface area contributed by atoms with Crippen LogP contribution in [-0.4, -0.2) is 13.9 Å². The number of hydrogen-bond donors (Lipinski definition) is 0. The van der Waals surface area contributed by atoms with Crippen LogP contribution in [0.4, 0.5) is 17.3 Å². The van der Waals surface area contributed by atoms with Crippen LogP contribution < -0.4 is 4.74 Å². The van der Waals surface area contributed by atoms with Crippen molar-refractivity contribution in [3.05, 3.63) is 97.1 Å². The summed E-state index contributed by atoms with van der Waals surface area (Å²) in [7, 11) is -6.00. The van der Waals surface area contributed by atoms with E-state index in [1.54, 1.807) is 0 Å². The van der Waals surface area contributed by atoms with E-state index in [-0.39, 0.29) is 0 Å². The molecule has 32 heavy (non-hydrogen) atoms. The third-order valence-corrected chi connectivity index (χ3v) is 5.56. The molecule has 0 radical (unpaired) electrons. The van der Waals surface area contributed by atoms with Crippen molar-refractivity contribution in [1.29, 1.82) is 0 Å². The summed E-state index contributed by atoms with van der Waals surface area (Å²) in [5.41, 5.74) is 4.91. The fourth-order valence-electron chi connectivity index (χ4n) is 3.07. The molecule has 0 aliphatic rings. The summed E-state index contributed by atoms with van der Waals surface area (Å²) in [6, 6.07) is 34.1. The molecular formula is C25H21BF4OS. The summed E-state index contributed by atoms with van der Waals surface area (Å²) in [6.07, 6.45) is 0. The van der Waals surface area contributed by atoms with E-state index < -0.39 is 7.25 Å². The average Bonchev–Trinajstić information content (AvgIpc) is 2.80. The van der Waals surface area contributed by atoms with Gasteiger partial charge in [0.25, 0.3) is 0 Å². The lowest BCUT2D eigenvalue weighted by atomic mass is 10.0. The zero-order chi connectivity index (χ0) is 23.0. The molecule has 0 fully saturated rings. The van der Waals surface area contributed by atoms with E-state index in [4.69, 9.17) is 4.74 Å². The molecule has 0 saturated heterocycles. The summed E-state index contributed by atoms with van der Waals surface area (Å²) in [5.74, 6) is 0.911. The lowest BCUT2D eigenvalue weighted by Crippen LogP contribution is -2.02. The highest BCUT2D eigenvalue weighted by molar-refractivity contribution is 7.18. The number of halogens is 4. The van der Waals surface area contributed by atoms with Crippen molar-refractivity contribution in [3.63, 3.8) is 0 Å². The fourth-order valence-corrected chi connectivity index (χ4v) is 4.18. The van der Waals surface area contributed by atoms with E-state index in [0.29, 0.717) is 6.61 Å². The quantitative estimate of drug-likeness (QED) is 0.166. The second-order valence-corrected chi connectivity index (χ2v) is 7.84. The summed E-state index contributed by atoms with van der Waals surface area (Å²) >= 11 is 1.82. The van der Waals surface area contributed by atoms with Crippen molar-refractivity contribution in [3.8, 4) is 37.8 Å². The molecule has 1 aromatic heterocycles. The second kappa shape index (κ2) is 10.9. The molecule has 4 aromatic rings. The largest absolute Gasteiger partial charge is 0.673 e. The number of benzene rings is 3. The summed E-state index contributed by atoms with van der Waals surface area (Å²) in [4.78, 5) is 2.51. The van der Waals surface area contributed by atoms with Crippen LogP contribution >= 0.6 is 11.3 Å². The topological polar surface area (TPSA) is 9.23 Å². The van der Waals surface area contributed by atoms with Gasteiger partial charge in [0.05, 0.1) is 6.61 Å². The van der Waals surface area contributed by atoms with Crippen LogP contribution in [0.1, 0.15) is 6.92 Å². The molecule has 7 heteroatoms. The van der Waals surface area contributed by atoms with E-state index in [1.807, 2.05) is 30.4 Å². The summed E-state index contributed by atoms with van der Waals surface area (Å²) in [5, 5.41) is 0. The molecule has 0 bridgehead atoms. The lowest BCUT2D eigenvalue weighted by Gasteiger charge is -2.04. The van der Waals surface area contributed by atoms with Gasteiger partial charge in [-0.1, -0.05) is 48.5 Å². The first-order chi connectivity index (χ1) is 15.3. The van der Waals surface area contributed by atoms with Gasteiger partial charge in [0, 0.05) is 23.3 Å². The molecule has 0 N–H and O–H groups in total. The molecular weight excluding hydrogens is 435 g/mol. The predicted octanol–water partition coefficient (Wildman–Crippen LogP) is 8.73. The average molecular weight is 456 g/mol. The van der Waals surface area contributed by atoms with Gasteiger partial charge in [-0.2, -0.15) is 0 Å². The summed E-state index contributed by atoms with van der Waals surface area (Å²) in [6.45, 7) is 2.69. The molecule has 164 valence electrons. The minimum atomic E-state index is -6.00. The van der Waals surface area contributed by atoms with Gasteiger partial charge in [0.15, 0.2) is 0 Å². The Balaban J connectivity index is 0.000000523. The molecule has 0 atom stereocenters. The first-order valence-corrected chi connectivity index (χ1v) is 10.8. The Kier molecular flexibility index (Phi) is 8.00. The molecule has 0 aliphatic carbocycles. The normalized spacial score (nSPS) is 10.8. The van der Waals surface area contributed by atoms with Crippen LogP contribution in [0.25, 0.3) is 32.0 Å². The maximum absolute atomic E-state index is 9.75. The van der Waals surface area contributed by atoms with Crippen molar-refractivity contribution in [2.75, 3.05) is 6.61 Å². The van der Waals surface area contributed by atoms with Gasteiger partial charge in [-0.15, -0.1) is 0 Å². The molecule has 1 nitrogen and oxygen atoms in total. The SMILES string of the molecule is CCOc1ccc(-c2cc(-c3ccccc3)cc(-c3ccccc3)[s+]2)cc1.F[B-](F)(F)F. The Labute approximate surface area is 189 Å². The second-order valence-electron chi connectivity index (χ2n) is 6.76. The van der Waals surface area contributed by atoms with Crippen molar-refractivity contribution in [1.82, 2.24) is 0 Å². The molecule has 0 amide bonds. The van der Waals surface area contributed by atoms with Gasteiger partial charge < -0.3 is 22.0 Å². The van der Waals surface area contributed by atoms with E-state index >= 15 is 0 Å². The van der Waals surface area contributed by atoms with Crippen LogP contribution in [0, 0.1) is 0 Å². The Bertz CT molecular complexity index is 1050. The number of hydrogen-bond acceptors (Lipinski definition) is 1. The Hall–Kier alpha value is -3.19. The first kappa shape index (κ1) is 23.5. The minimum Gasteiger partial charge on any atom is -0.494 e. The third-order valence-electron chi connectivity index (χ3n) is 4.41. The highest BCUT2D eigenvalue weighted by atomic mass is 32.1. The maximum Gasteiger partial charge on any atom is 0.673 e. The first-order valence-electron chi connectivity index (χ1n) is 10.0. The third kappa shape index (κ3) is 7.20. The zero-order valence-electron chi connectivity index (χ0n) is 17.4. The van der Waals surface area contributed by atoms with Crippen molar-refractivity contribution in [2.24, 2.45) is 0 Å². The van der Waals surface area contributed by atoms with Gasteiger partial charge in [-0.25, -0.2) is 0 Å². The van der Waals surface area contributed by atoms with E-state index in [9.17, 15) is 17.3 Å². The van der Waals surface area contributed by atoms with Gasteiger partial charge >= 0.3 is 7.25 Å². The Morgan fingerprint density at radius 2 is 1.06 bits per heavy atom. The molecule has 3 aromatic carbocycles. The van der Waals surface area contributed by atoms with Gasteiger partial charge in [-0.05, 0) is 54.4 Å². The van der Waals surface area contributed by atoms with Crippen LogP contribution in [0.15, 0.2) is 97.1 Å². The van der Waals surface area contributed by atoms with Crippen LogP contribution in [-0.2, 0) is 0 Å². The van der Waals surface area contributed by atoms with Gasteiger partial charge in [-0.3, -0.25) is 0 Å². The van der Waals surface area contributed by atoms with Crippen molar-refractivity contribution >= 4 is 18.6 Å². The van der Waals surface area contributed by atoms with E-state index in [2.05, 4.69) is 84.9 Å². The Morgan fingerprint density at radius 1 is 0.625 bits per heavy atom. The van der Waals surface area contributed by atoms with Crippen LogP contribution in [0.3, 0.4) is 0 Å². The van der Waals surface area contributed by atoms with Gasteiger partial charge in [0.2, 0.25) is 21.1 Å². The molecule has 1 heterocycles. The summed E-state index contributed by atoms with van der Waals surface area (Å²) < 4.78 is 44.6. The molecule has 0 saturated carbocycles. The van der Waals surface area contributed by atoms with Gasteiger partial charge in [0.1, 0.15) is 5.75 Å². The minimum absolute atomic E-state index is 0.684. The van der Waals surface area contributed by atoms with E-state index in [1.165, 1.54) is 32.0 Å². The maximum atomic E-state index is 9.75. The molecule has 0 aliphatic heterocycles. The fraction of sp³-hybridized carbons (Fsp3) is 0.0800. The monoisotopic (exact) mass is 456 g/mol. The smallest absolute Gasteiger partial charge is 0.494 e. The van der Waals surface area contributed by atoms with E-state index in [0.717, 1.165) is 5.75 Å². The lowest BCUT2D eigenvalue weighted by molar-refractivity contribution is 0.340. The Morgan fingerprint density at radius 3 is 1.53 bits per heavy atom. The molecule has 0 unspecified atom stereocenters. The predicted molar refractivity (Wildman–Crippen MR) is 126 cm³/mol. The van der Waals surface area contributed by atoms with Crippen LogP contribution in [0.2, 0.25) is 0 Å². The standard InChI is InChI=1S/C25H21OS.BF4/c1-2-26-23-15-13-21(14-16-23)25-18-22(19-9-5-3-6-10-19)17-24(27-25)20-11-7-4-8-12-20;2-1(3,4)5/h3-18H,2H2,1H3;/q+1;-1. The molecule has 4 rings (SSSR count). The molecule has 0 spiro atoms. The van der Waals surface area contributed by atoms with Crippen molar-refractivity contribution < 1.29 is 22.0 Å². The highest BCUT2D eigenvalue weighted by Crippen LogP contribution is 2.37. The number of ether oxygens (including phenoxy) is 1. The zero-order valence-corrected chi connectivity index (χ0v) is 18.2. The number of rotatable bonds is 5.